The first-order valence-corrected chi connectivity index (χ1v) is 6.79. The molecule has 0 aromatic heterocycles. The van der Waals surface area contributed by atoms with Crippen LogP contribution in [0.15, 0.2) is 4.74 Å². The summed E-state index contributed by atoms with van der Waals surface area (Å²) in [5.74, 6) is -1.94. The molecule has 0 aliphatic carbocycles. The Balaban J connectivity index is 4.58. The molecule has 0 bridgehead atoms. The van der Waals surface area contributed by atoms with Crippen molar-refractivity contribution in [2.24, 2.45) is 4.74 Å². The summed E-state index contributed by atoms with van der Waals surface area (Å²) in [6.45, 7) is 0. The van der Waals surface area contributed by atoms with E-state index in [2.05, 4.69) is 16.3 Å². The van der Waals surface area contributed by atoms with E-state index in [9.17, 15) is 13.6 Å². The van der Waals surface area contributed by atoms with E-state index >= 15 is 0 Å². The Kier molecular flexibility index (Phi) is 4.07. The van der Waals surface area contributed by atoms with Gasteiger partial charge in [0.2, 0.25) is 5.11 Å². The van der Waals surface area contributed by atoms with Crippen LogP contribution in [0, 0.1) is 0 Å². The lowest BCUT2D eigenvalue weighted by molar-refractivity contribution is -0.131. The second kappa shape index (κ2) is 3.75. The van der Waals surface area contributed by atoms with Crippen LogP contribution in [-0.2, 0) is 4.79 Å². The zero-order valence-corrected chi connectivity index (χ0v) is 8.49. The van der Waals surface area contributed by atoms with Crippen LogP contribution >= 0.6 is 50.4 Å². The van der Waals surface area contributed by atoms with E-state index in [1.54, 1.807) is 0 Å². The normalized spacial score (nSPS) is 12.9. The van der Waals surface area contributed by atoms with Gasteiger partial charge in [0.05, 0.1) is 0 Å². The molecule has 0 spiro atoms. The predicted molar refractivity (Wildman–Crippen MR) is 42.7 cm³/mol. The number of hydrogen-bond donors (Lipinski definition) is 0. The largest absolute Gasteiger partial charge is 0.402 e. The van der Waals surface area contributed by atoms with Crippen LogP contribution in [-0.4, -0.2) is 11.3 Å². The third-order valence-electron chi connectivity index (χ3n) is 0.447. The molecule has 0 aliphatic heterocycles. The molecular formula is C2Cl4F2NOP. The van der Waals surface area contributed by atoms with Crippen LogP contribution < -0.4 is 0 Å². The molecule has 0 atom stereocenters. The summed E-state index contributed by atoms with van der Waals surface area (Å²) in [4.78, 5) is 10.2. The summed E-state index contributed by atoms with van der Waals surface area (Å²) < 4.78 is 26.2. The summed E-state index contributed by atoms with van der Waals surface area (Å²) in [6, 6.07) is 0. The minimum absolute atomic E-state index is 1.94. The molecule has 0 radical (unpaired) electrons. The Morgan fingerprint density at radius 1 is 1.36 bits per heavy atom. The molecule has 0 N–H and O–H groups in total. The van der Waals surface area contributed by atoms with Crippen molar-refractivity contribution < 1.29 is 13.6 Å². The van der Waals surface area contributed by atoms with E-state index in [1.807, 2.05) is 0 Å². The van der Waals surface area contributed by atoms with Crippen molar-refractivity contribution in [3.63, 3.8) is 0 Å². The Morgan fingerprint density at radius 3 is 1.82 bits per heavy atom. The van der Waals surface area contributed by atoms with Gasteiger partial charge in [0.1, 0.15) is 0 Å². The second-order valence-electron chi connectivity index (χ2n) is 1.32. The average Bonchev–Trinajstić information content (AvgIpc) is 1.56. The van der Waals surface area contributed by atoms with E-state index in [-0.39, 0.29) is 0 Å². The molecule has 0 saturated heterocycles. The first kappa shape index (κ1) is 11.9. The molecular weight excluding hydrogens is 265 g/mol. The standard InChI is InChI=1S/C2Cl4F2NOP/c3-2(7,8)1(10)9-11(4,5)6. The second-order valence-corrected chi connectivity index (χ2v) is 8.79. The van der Waals surface area contributed by atoms with Crippen LogP contribution in [0.2, 0.25) is 0 Å². The van der Waals surface area contributed by atoms with Crippen LogP contribution in [0.3, 0.4) is 0 Å². The van der Waals surface area contributed by atoms with Gasteiger partial charge in [-0.25, -0.2) is 0 Å². The molecule has 0 aliphatic rings. The molecule has 0 aromatic rings. The number of carbonyl (C=O) groups is 1. The van der Waals surface area contributed by atoms with Crippen molar-refractivity contribution >= 4 is 56.3 Å². The molecule has 0 saturated carbocycles. The number of nitrogens with zero attached hydrogens (tertiary/aromatic N) is 1. The maximum atomic E-state index is 11.8. The van der Waals surface area contributed by atoms with Crippen LogP contribution in [0.25, 0.3) is 0 Å². The van der Waals surface area contributed by atoms with Crippen molar-refractivity contribution in [3.05, 3.63) is 0 Å². The SMILES string of the molecule is O=C(N=P(Cl)(Cl)Cl)C(F)(F)Cl. The highest BCUT2D eigenvalue weighted by molar-refractivity contribution is 8.26. The maximum absolute atomic E-state index is 11.8. The fraction of sp³-hybridized carbons (Fsp3) is 0.500. The van der Waals surface area contributed by atoms with E-state index in [0.717, 1.165) is 0 Å². The van der Waals surface area contributed by atoms with E-state index < -0.39 is 16.4 Å². The van der Waals surface area contributed by atoms with Gasteiger partial charge in [-0.1, -0.05) is 0 Å². The molecule has 66 valence electrons. The lowest BCUT2D eigenvalue weighted by atomic mass is 10.7. The fourth-order valence-electron chi connectivity index (χ4n) is 0.160. The zero-order chi connectivity index (χ0) is 9.28. The highest BCUT2D eigenvalue weighted by Crippen LogP contribution is 2.65. The van der Waals surface area contributed by atoms with E-state index in [1.165, 1.54) is 0 Å². The summed E-state index contributed by atoms with van der Waals surface area (Å²) >= 11 is 19.2. The van der Waals surface area contributed by atoms with Gasteiger partial charge >= 0.3 is 11.3 Å². The molecule has 0 rings (SSSR count). The number of carbonyl (C=O) groups excluding carboxylic acids is 1. The van der Waals surface area contributed by atoms with Crippen LogP contribution in [0.1, 0.15) is 0 Å². The van der Waals surface area contributed by atoms with E-state index in [4.69, 9.17) is 33.7 Å². The van der Waals surface area contributed by atoms with Crippen LogP contribution in [0.5, 0.6) is 0 Å². The Labute approximate surface area is 80.2 Å². The highest BCUT2D eigenvalue weighted by atomic mass is 36.0. The topological polar surface area (TPSA) is 29.4 Å². The van der Waals surface area contributed by atoms with E-state index in [0.29, 0.717) is 0 Å². The van der Waals surface area contributed by atoms with Gasteiger partial charge in [-0.15, -0.1) is 0 Å². The van der Waals surface area contributed by atoms with Gasteiger partial charge < -0.3 is 0 Å². The lowest BCUT2D eigenvalue weighted by Crippen LogP contribution is -2.17. The molecule has 0 unspecified atom stereocenters. The molecule has 0 heterocycles. The Hall–Kier alpha value is 0.920. The summed E-state index contributed by atoms with van der Waals surface area (Å²) in [5.41, 5.74) is 0. The van der Waals surface area contributed by atoms with Crippen LogP contribution in [0.4, 0.5) is 8.78 Å². The molecule has 11 heavy (non-hydrogen) atoms. The minimum Gasteiger partial charge on any atom is -0.264 e. The van der Waals surface area contributed by atoms with Crippen molar-refractivity contribution in [1.82, 2.24) is 0 Å². The third kappa shape index (κ3) is 6.12. The monoisotopic (exact) mass is 263 g/mol. The van der Waals surface area contributed by atoms with Gasteiger partial charge in [0.15, 0.2) is 0 Å². The van der Waals surface area contributed by atoms with Gasteiger partial charge in [-0.2, -0.15) is 13.5 Å². The lowest BCUT2D eigenvalue weighted by Gasteiger charge is -2.02. The summed E-state index contributed by atoms with van der Waals surface area (Å²) in [7, 11) is 0. The fourth-order valence-corrected chi connectivity index (χ4v) is 1.21. The maximum Gasteiger partial charge on any atom is 0.402 e. The van der Waals surface area contributed by atoms with Crippen molar-refractivity contribution in [1.29, 1.82) is 0 Å². The number of alkyl halides is 3. The third-order valence-corrected chi connectivity index (χ3v) is 1.70. The first-order chi connectivity index (χ1) is 4.63. The molecule has 9 heteroatoms. The predicted octanol–water partition coefficient (Wildman–Crippen LogP) is 4.01. The average molecular weight is 265 g/mol. The molecule has 0 fully saturated rings. The Morgan fingerprint density at radius 2 is 1.73 bits per heavy atom. The quantitative estimate of drug-likeness (QED) is 0.520. The van der Waals surface area contributed by atoms with Gasteiger partial charge in [-0.3, -0.25) is 4.79 Å². The summed E-state index contributed by atoms with van der Waals surface area (Å²) in [6.07, 6.45) is 0. The Bertz CT molecular complexity index is 210. The van der Waals surface area contributed by atoms with Crippen molar-refractivity contribution in [2.75, 3.05) is 0 Å². The van der Waals surface area contributed by atoms with Gasteiger partial charge in [0.25, 0.3) is 0 Å². The molecule has 2 nitrogen and oxygen atoms in total. The van der Waals surface area contributed by atoms with Crippen molar-refractivity contribution in [3.8, 4) is 0 Å². The number of amides is 1. The summed E-state index contributed by atoms with van der Waals surface area (Å²) in [5, 5.41) is -7.53. The molecule has 1 amide bonds. The minimum atomic E-state index is -4.09. The number of hydrogen-bond acceptors (Lipinski definition) is 1. The first-order valence-electron chi connectivity index (χ1n) is 1.95. The number of rotatable bonds is 1. The van der Waals surface area contributed by atoms with Crippen molar-refractivity contribution in [2.45, 2.75) is 5.38 Å². The van der Waals surface area contributed by atoms with Gasteiger partial charge in [0, 0.05) is 0 Å². The zero-order valence-electron chi connectivity index (χ0n) is 4.57. The highest BCUT2D eigenvalue weighted by Gasteiger charge is 2.36. The smallest absolute Gasteiger partial charge is 0.264 e. The molecule has 0 aromatic carbocycles. The number of halogens is 6. The van der Waals surface area contributed by atoms with Gasteiger partial charge in [-0.05, 0) is 45.3 Å².